The number of carbonyl (C=O) groups is 2. The van der Waals surface area contributed by atoms with Crippen molar-refractivity contribution in [3.63, 3.8) is 0 Å². The number of thiophene rings is 3. The third-order valence-corrected chi connectivity index (χ3v) is 15.4. The van der Waals surface area contributed by atoms with Gasteiger partial charge in [-0.25, -0.2) is 0 Å². The van der Waals surface area contributed by atoms with E-state index in [1.54, 1.807) is 34.0 Å². The molecule has 23 heteroatoms. The van der Waals surface area contributed by atoms with Crippen LogP contribution in [0.3, 0.4) is 0 Å². The fourth-order valence-corrected chi connectivity index (χ4v) is 11.4. The SMILES string of the molecule is Cc1cc[nH]c1/C(=C/CCN1CCC[C@@H](C(=O)OCCOCCOCCN=[N+]=[N-])C1)c1sccc1C.Cc1ccsc1C(=CCCN1CCC[C@@H](C(=O)O)C1)c1sccc1C.[N-]=[N+]=NCCOCCOCCN=[N+]=[N-]. The highest BCUT2D eigenvalue weighted by atomic mass is 32.1. The predicted molar refractivity (Wildman–Crippen MR) is 298 cm³/mol. The second-order valence-corrected chi connectivity index (χ2v) is 20.5. The maximum atomic E-state index is 12.6. The van der Waals surface area contributed by atoms with E-state index in [-0.39, 0.29) is 24.4 Å². The van der Waals surface area contributed by atoms with Crippen LogP contribution in [-0.2, 0) is 33.3 Å². The van der Waals surface area contributed by atoms with Crippen LogP contribution in [0, 0.1) is 39.5 Å². The molecule has 2 fully saturated rings. The Balaban J connectivity index is 0.000000269. The minimum Gasteiger partial charge on any atom is -0.481 e. The summed E-state index contributed by atoms with van der Waals surface area (Å²) in [6.07, 6.45) is 12.2. The van der Waals surface area contributed by atoms with Gasteiger partial charge in [0, 0.05) is 98.2 Å². The molecule has 6 heterocycles. The fourth-order valence-electron chi connectivity index (χ4n) is 8.39. The largest absolute Gasteiger partial charge is 0.481 e. The summed E-state index contributed by atoms with van der Waals surface area (Å²) < 4.78 is 26.2. The molecule has 0 radical (unpaired) electrons. The van der Waals surface area contributed by atoms with Crippen molar-refractivity contribution in [2.75, 3.05) is 118 Å². The van der Waals surface area contributed by atoms with Crippen LogP contribution in [0.25, 0.3) is 42.5 Å². The molecule has 4 aromatic heterocycles. The van der Waals surface area contributed by atoms with E-state index in [1.807, 2.05) is 6.20 Å². The lowest BCUT2D eigenvalue weighted by Crippen LogP contribution is -2.40. The Kier molecular flexibility index (Phi) is 30.8. The molecule has 2 saturated heterocycles. The number of esters is 1. The molecule has 2 aliphatic heterocycles. The molecule has 2 N–H and O–H groups in total. The summed E-state index contributed by atoms with van der Waals surface area (Å²) in [7, 11) is 0. The Bertz CT molecular complexity index is 2390. The average molecular weight is 1090 g/mol. The van der Waals surface area contributed by atoms with Crippen molar-refractivity contribution in [1.29, 1.82) is 0 Å². The zero-order valence-electron chi connectivity index (χ0n) is 43.8. The number of carboxylic acids is 1. The number of rotatable bonds is 30. The molecule has 75 heavy (non-hydrogen) atoms. The van der Waals surface area contributed by atoms with Gasteiger partial charge in [0.05, 0.1) is 64.7 Å². The van der Waals surface area contributed by atoms with Crippen molar-refractivity contribution < 1.29 is 38.4 Å². The highest BCUT2D eigenvalue weighted by molar-refractivity contribution is 7.14. The summed E-state index contributed by atoms with van der Waals surface area (Å²) in [6.45, 7) is 18.4. The van der Waals surface area contributed by atoms with E-state index in [0.29, 0.717) is 79.0 Å². The van der Waals surface area contributed by atoms with Gasteiger partial charge < -0.3 is 43.6 Å². The molecule has 0 amide bonds. The Morgan fingerprint density at radius 1 is 0.627 bits per heavy atom. The van der Waals surface area contributed by atoms with E-state index < -0.39 is 5.97 Å². The molecular formula is C52H74N12O8S3. The first kappa shape index (κ1) is 62.0. The van der Waals surface area contributed by atoms with Gasteiger partial charge in [0.1, 0.15) is 6.61 Å². The monoisotopic (exact) mass is 1090 g/mol. The number of aromatic nitrogens is 1. The third-order valence-electron chi connectivity index (χ3n) is 12.2. The third kappa shape index (κ3) is 23.5. The minimum atomic E-state index is -0.649. The summed E-state index contributed by atoms with van der Waals surface area (Å²) in [5, 5.41) is 25.7. The Morgan fingerprint density at radius 2 is 1.05 bits per heavy atom. The van der Waals surface area contributed by atoms with Crippen molar-refractivity contribution in [2.45, 2.75) is 66.2 Å². The minimum absolute atomic E-state index is 0.0867. The fraction of sp³-hybridized carbons (Fsp3) is 0.577. The Hall–Kier alpha value is -5.51. The number of ether oxygens (including phenoxy) is 5. The molecule has 2 aliphatic rings. The van der Waals surface area contributed by atoms with Gasteiger partial charge in [-0.3, -0.25) is 9.59 Å². The van der Waals surface area contributed by atoms with Gasteiger partial charge in [-0.05, 0) is 159 Å². The molecule has 6 rings (SSSR count). The molecule has 20 nitrogen and oxygen atoms in total. The Morgan fingerprint density at radius 3 is 1.48 bits per heavy atom. The number of aryl methyl sites for hydroxylation is 4. The first-order valence-electron chi connectivity index (χ1n) is 25.4. The van der Waals surface area contributed by atoms with E-state index in [9.17, 15) is 14.7 Å². The van der Waals surface area contributed by atoms with Gasteiger partial charge >= 0.3 is 11.9 Å². The number of carboxylic acid groups (broad SMARTS) is 1. The Labute approximate surface area is 452 Å². The van der Waals surface area contributed by atoms with Crippen molar-refractivity contribution in [3.8, 4) is 0 Å². The lowest BCUT2D eigenvalue weighted by Gasteiger charge is -2.31. The number of likely N-dealkylation sites (tertiary alicyclic amines) is 2. The predicted octanol–water partition coefficient (Wildman–Crippen LogP) is 11.8. The van der Waals surface area contributed by atoms with Crippen LogP contribution in [0.4, 0.5) is 0 Å². The van der Waals surface area contributed by atoms with Crippen LogP contribution < -0.4 is 0 Å². The first-order valence-corrected chi connectivity index (χ1v) is 28.1. The van der Waals surface area contributed by atoms with Gasteiger partial charge in [-0.15, -0.1) is 34.0 Å². The number of hydrogen-bond donors (Lipinski definition) is 2. The second kappa shape index (κ2) is 37.3. The van der Waals surface area contributed by atoms with Crippen LogP contribution in [-0.4, -0.2) is 150 Å². The van der Waals surface area contributed by atoms with Gasteiger partial charge in [0.25, 0.3) is 0 Å². The van der Waals surface area contributed by atoms with E-state index in [1.165, 1.54) is 53.7 Å². The van der Waals surface area contributed by atoms with Crippen LogP contribution in [0.1, 0.15) is 81.1 Å². The number of piperidine rings is 2. The summed E-state index contributed by atoms with van der Waals surface area (Å²) in [4.78, 5) is 43.7. The number of hydrogen-bond acceptors (Lipinski definition) is 15. The average Bonchev–Trinajstić information content (AvgIpc) is 4.25. The van der Waals surface area contributed by atoms with Crippen molar-refractivity contribution in [3.05, 3.63) is 133 Å². The quantitative estimate of drug-likeness (QED) is 0.0164. The van der Waals surface area contributed by atoms with E-state index in [2.05, 4.69) is 125 Å². The summed E-state index contributed by atoms with van der Waals surface area (Å²) >= 11 is 5.38. The van der Waals surface area contributed by atoms with Gasteiger partial charge in [0.15, 0.2) is 0 Å². The van der Waals surface area contributed by atoms with Gasteiger partial charge in [-0.2, -0.15) is 0 Å². The molecule has 0 unspecified atom stereocenters. The van der Waals surface area contributed by atoms with E-state index >= 15 is 0 Å². The van der Waals surface area contributed by atoms with Crippen LogP contribution in [0.2, 0.25) is 0 Å². The number of H-pyrrole nitrogens is 1. The summed E-state index contributed by atoms with van der Waals surface area (Å²) in [5.41, 5.74) is 33.0. The number of azide groups is 3. The number of carbonyl (C=O) groups excluding carboxylic acids is 1. The highest BCUT2D eigenvalue weighted by Crippen LogP contribution is 2.36. The lowest BCUT2D eigenvalue weighted by atomic mass is 9.98. The van der Waals surface area contributed by atoms with Crippen LogP contribution in [0.5, 0.6) is 0 Å². The number of aliphatic carboxylic acids is 1. The molecule has 2 atom stereocenters. The standard InChI is InChI=1S/C26H37N5O4S.C20H25NO2S2.C6H12N6O2/c1-20-7-9-28-24(20)23(25-21(2)8-18-36-25)6-4-12-31-11-3-5-22(19-31)26(32)35-17-16-34-15-14-33-13-10-29-30-27;1-14-7-11-24-18(14)17(19-15(2)8-12-25-19)6-4-10-21-9-3-5-16(13-21)20(22)23;7-11-9-1-3-13-5-6-14-4-2-10-12-8/h6-9,18,22,28H,3-5,10-17,19H2,1-2H3;6-8,11-12,16H,3-5,9-10,13H2,1-2H3,(H,22,23);1-6H2/b23-6-;;/t22-;16-;/m11./s1. The molecule has 0 spiro atoms. The highest BCUT2D eigenvalue weighted by Gasteiger charge is 2.27. The smallest absolute Gasteiger partial charge is 0.310 e. The van der Waals surface area contributed by atoms with E-state index in [0.717, 1.165) is 71.2 Å². The number of nitrogens with one attached hydrogen (secondary N) is 1. The van der Waals surface area contributed by atoms with Crippen molar-refractivity contribution in [2.24, 2.45) is 27.2 Å². The molecule has 0 saturated carbocycles. The molecule has 0 aliphatic carbocycles. The zero-order chi connectivity index (χ0) is 53.9. The van der Waals surface area contributed by atoms with Gasteiger partial charge in [-0.1, -0.05) is 27.5 Å². The lowest BCUT2D eigenvalue weighted by molar-refractivity contribution is -0.152. The molecule has 408 valence electrons. The number of nitrogens with zero attached hydrogens (tertiary/aromatic N) is 11. The molecular weight excluding hydrogens is 1020 g/mol. The molecule has 4 aromatic rings. The van der Waals surface area contributed by atoms with Crippen molar-refractivity contribution >= 4 is 57.1 Å². The summed E-state index contributed by atoms with van der Waals surface area (Å²) in [6, 6.07) is 8.64. The molecule has 0 aromatic carbocycles. The topological polar surface area (TPSA) is 269 Å². The van der Waals surface area contributed by atoms with Crippen molar-refractivity contribution in [1.82, 2.24) is 14.8 Å². The zero-order valence-corrected chi connectivity index (χ0v) is 46.3. The first-order chi connectivity index (χ1) is 36.6. The normalized spacial score (nSPS) is 15.7. The van der Waals surface area contributed by atoms with E-state index in [4.69, 9.17) is 40.3 Å². The van der Waals surface area contributed by atoms with Gasteiger partial charge in [0.2, 0.25) is 0 Å². The maximum absolute atomic E-state index is 12.6. The maximum Gasteiger partial charge on any atom is 0.310 e. The second-order valence-electron chi connectivity index (χ2n) is 17.7. The summed E-state index contributed by atoms with van der Waals surface area (Å²) in [5.74, 6) is -1.07. The van der Waals surface area contributed by atoms with Crippen LogP contribution in [0.15, 0.2) is 74.1 Å². The molecule has 0 bridgehead atoms. The van der Waals surface area contributed by atoms with Crippen LogP contribution >= 0.6 is 34.0 Å². The number of aromatic amines is 1.